The van der Waals surface area contributed by atoms with Crippen LogP contribution < -0.4 is 5.73 Å². The van der Waals surface area contributed by atoms with Crippen molar-refractivity contribution in [3.05, 3.63) is 0 Å². The number of carbonyl (C=O) groups is 1. The van der Waals surface area contributed by atoms with E-state index in [1.807, 2.05) is 0 Å². The van der Waals surface area contributed by atoms with E-state index in [0.29, 0.717) is 12.8 Å². The predicted molar refractivity (Wildman–Crippen MR) is 33.4 cm³/mol. The average molecular weight is 130 g/mol. The van der Waals surface area contributed by atoms with Crippen LogP contribution in [0.5, 0.6) is 0 Å². The lowest BCUT2D eigenvalue weighted by molar-refractivity contribution is -0.137. The quantitative estimate of drug-likeness (QED) is 0.374. The van der Waals surface area contributed by atoms with E-state index in [4.69, 9.17) is 16.2 Å². The number of nitrogens with one attached hydrogen (secondary N) is 1. The molecular weight excluding hydrogens is 120 g/mol. The minimum Gasteiger partial charge on any atom is -0.481 e. The molecule has 0 aromatic rings. The van der Waals surface area contributed by atoms with Crippen LogP contribution >= 0.6 is 0 Å². The molecule has 0 aliphatic rings. The van der Waals surface area contributed by atoms with Gasteiger partial charge >= 0.3 is 5.97 Å². The Kier molecular flexibility index (Phi) is 3.43. The summed E-state index contributed by atoms with van der Waals surface area (Å²) in [6.07, 6.45) is 0.941. The minimum absolute atomic E-state index is 0.0521. The Morgan fingerprint density at radius 3 is 2.44 bits per heavy atom. The normalized spacial score (nSPS) is 8.89. The van der Waals surface area contributed by atoms with Crippen LogP contribution in [0.4, 0.5) is 0 Å². The second-order valence-electron chi connectivity index (χ2n) is 1.77. The Labute approximate surface area is 53.2 Å². The summed E-state index contributed by atoms with van der Waals surface area (Å²) in [5, 5.41) is 14.8. The lowest BCUT2D eigenvalue weighted by atomic mass is 10.2. The molecule has 0 saturated heterocycles. The standard InChI is InChI=1S/C5H10N2O2/c6-4(7)2-1-3-5(8)9/h1-3H2,(H3,6,7)(H,8,9). The van der Waals surface area contributed by atoms with E-state index >= 15 is 0 Å². The summed E-state index contributed by atoms with van der Waals surface area (Å²) in [6.45, 7) is 0. The van der Waals surface area contributed by atoms with E-state index in [0.717, 1.165) is 0 Å². The molecule has 0 aliphatic heterocycles. The fraction of sp³-hybridized carbons (Fsp3) is 0.600. The molecule has 0 rings (SSSR count). The summed E-state index contributed by atoms with van der Waals surface area (Å²) in [6, 6.07) is 0. The highest BCUT2D eigenvalue weighted by atomic mass is 16.4. The van der Waals surface area contributed by atoms with E-state index in [2.05, 4.69) is 0 Å². The molecule has 0 aliphatic carbocycles. The third-order valence-corrected chi connectivity index (χ3v) is 0.837. The first-order valence-corrected chi connectivity index (χ1v) is 2.67. The molecular formula is C5H10N2O2. The van der Waals surface area contributed by atoms with E-state index < -0.39 is 5.97 Å². The van der Waals surface area contributed by atoms with Crippen molar-refractivity contribution < 1.29 is 9.90 Å². The topological polar surface area (TPSA) is 87.2 Å². The van der Waals surface area contributed by atoms with Crippen molar-refractivity contribution in [1.29, 1.82) is 5.41 Å². The van der Waals surface area contributed by atoms with Crippen LogP contribution in [0.25, 0.3) is 0 Å². The number of carboxylic acid groups (broad SMARTS) is 1. The Bertz CT molecular complexity index is 108. The first-order valence-electron chi connectivity index (χ1n) is 2.67. The van der Waals surface area contributed by atoms with Crippen LogP contribution in [0, 0.1) is 5.41 Å². The molecule has 4 N–H and O–H groups in total. The Hall–Kier alpha value is -1.06. The number of hydrogen-bond acceptors (Lipinski definition) is 2. The van der Waals surface area contributed by atoms with E-state index in [1.54, 1.807) is 0 Å². The van der Waals surface area contributed by atoms with Crippen molar-refractivity contribution in [2.24, 2.45) is 5.73 Å². The maximum Gasteiger partial charge on any atom is 0.303 e. The van der Waals surface area contributed by atoms with Crippen LogP contribution in [0.2, 0.25) is 0 Å². The van der Waals surface area contributed by atoms with Crippen molar-refractivity contribution in [2.45, 2.75) is 19.3 Å². The zero-order chi connectivity index (χ0) is 7.28. The highest BCUT2D eigenvalue weighted by Crippen LogP contribution is 1.92. The number of carboxylic acids is 1. The molecule has 0 amide bonds. The fourth-order valence-corrected chi connectivity index (χ4v) is 0.430. The van der Waals surface area contributed by atoms with Crippen LogP contribution in [0.1, 0.15) is 19.3 Å². The van der Waals surface area contributed by atoms with E-state index in [1.165, 1.54) is 0 Å². The van der Waals surface area contributed by atoms with Gasteiger partial charge in [0, 0.05) is 12.8 Å². The van der Waals surface area contributed by atoms with Gasteiger partial charge in [-0.25, -0.2) is 0 Å². The molecule has 0 spiro atoms. The molecule has 0 saturated carbocycles. The Balaban J connectivity index is 3.10. The largest absolute Gasteiger partial charge is 0.481 e. The molecule has 52 valence electrons. The van der Waals surface area contributed by atoms with Gasteiger partial charge in [0.1, 0.15) is 0 Å². The van der Waals surface area contributed by atoms with Gasteiger partial charge in [-0.3, -0.25) is 10.2 Å². The van der Waals surface area contributed by atoms with Crippen molar-refractivity contribution >= 4 is 11.8 Å². The van der Waals surface area contributed by atoms with Crippen molar-refractivity contribution in [2.75, 3.05) is 0 Å². The van der Waals surface area contributed by atoms with Gasteiger partial charge in [-0.15, -0.1) is 0 Å². The highest BCUT2D eigenvalue weighted by molar-refractivity contribution is 5.77. The van der Waals surface area contributed by atoms with Gasteiger partial charge in [0.2, 0.25) is 0 Å². The number of rotatable bonds is 4. The fourth-order valence-electron chi connectivity index (χ4n) is 0.430. The molecule has 0 bridgehead atoms. The van der Waals surface area contributed by atoms with Crippen molar-refractivity contribution in [3.63, 3.8) is 0 Å². The molecule has 0 aromatic heterocycles. The number of aliphatic carboxylic acids is 1. The van der Waals surface area contributed by atoms with Gasteiger partial charge in [-0.05, 0) is 6.42 Å². The summed E-state index contributed by atoms with van der Waals surface area (Å²) in [5.74, 6) is -0.785. The first-order chi connectivity index (χ1) is 4.13. The highest BCUT2D eigenvalue weighted by Gasteiger charge is 1.96. The third-order valence-electron chi connectivity index (χ3n) is 0.837. The van der Waals surface area contributed by atoms with E-state index in [-0.39, 0.29) is 12.3 Å². The summed E-state index contributed by atoms with van der Waals surface area (Å²) in [5.41, 5.74) is 4.97. The smallest absolute Gasteiger partial charge is 0.303 e. The molecule has 0 fully saturated rings. The molecule has 4 nitrogen and oxygen atoms in total. The average Bonchev–Trinajstić information content (AvgIpc) is 1.63. The molecule has 9 heavy (non-hydrogen) atoms. The van der Waals surface area contributed by atoms with Gasteiger partial charge in [0.25, 0.3) is 0 Å². The SMILES string of the molecule is N=C(N)CCCC(=O)O. The molecule has 0 radical (unpaired) electrons. The molecule has 0 unspecified atom stereocenters. The van der Waals surface area contributed by atoms with Crippen LogP contribution in [0.3, 0.4) is 0 Å². The first kappa shape index (κ1) is 7.94. The van der Waals surface area contributed by atoms with Crippen LogP contribution in [-0.4, -0.2) is 16.9 Å². The zero-order valence-electron chi connectivity index (χ0n) is 5.05. The lowest BCUT2D eigenvalue weighted by Gasteiger charge is -1.92. The third kappa shape index (κ3) is 6.94. The second-order valence-corrected chi connectivity index (χ2v) is 1.77. The van der Waals surface area contributed by atoms with Gasteiger partial charge in [-0.1, -0.05) is 0 Å². The van der Waals surface area contributed by atoms with Gasteiger partial charge < -0.3 is 10.8 Å². The lowest BCUT2D eigenvalue weighted by Crippen LogP contribution is -2.09. The van der Waals surface area contributed by atoms with Gasteiger partial charge in [0.15, 0.2) is 0 Å². The maximum atomic E-state index is 9.87. The summed E-state index contributed by atoms with van der Waals surface area (Å²) in [4.78, 5) is 9.87. The van der Waals surface area contributed by atoms with Gasteiger partial charge in [-0.2, -0.15) is 0 Å². The van der Waals surface area contributed by atoms with Crippen molar-refractivity contribution in [1.82, 2.24) is 0 Å². The minimum atomic E-state index is -0.837. The predicted octanol–water partition coefficient (Wildman–Crippen LogP) is 0.177. The van der Waals surface area contributed by atoms with Crippen LogP contribution in [-0.2, 0) is 4.79 Å². The van der Waals surface area contributed by atoms with E-state index in [9.17, 15) is 4.79 Å². The zero-order valence-corrected chi connectivity index (χ0v) is 5.05. The second kappa shape index (κ2) is 3.88. The molecule has 0 atom stereocenters. The monoisotopic (exact) mass is 130 g/mol. The summed E-state index contributed by atoms with van der Waals surface area (Å²) < 4.78 is 0. The number of nitrogens with two attached hydrogens (primary N) is 1. The van der Waals surface area contributed by atoms with Gasteiger partial charge in [0.05, 0.1) is 5.84 Å². The summed E-state index contributed by atoms with van der Waals surface area (Å²) >= 11 is 0. The molecule has 4 heteroatoms. The summed E-state index contributed by atoms with van der Waals surface area (Å²) in [7, 11) is 0. The molecule has 0 heterocycles. The maximum absolute atomic E-state index is 9.87. The number of amidine groups is 1. The Morgan fingerprint density at radius 1 is 1.56 bits per heavy atom. The Morgan fingerprint density at radius 2 is 2.11 bits per heavy atom. The number of hydrogen-bond donors (Lipinski definition) is 3. The van der Waals surface area contributed by atoms with Crippen molar-refractivity contribution in [3.8, 4) is 0 Å². The molecule has 0 aromatic carbocycles. The van der Waals surface area contributed by atoms with Crippen LogP contribution in [0.15, 0.2) is 0 Å².